The fourth-order valence-electron chi connectivity index (χ4n) is 2.54. The van der Waals surface area contributed by atoms with Crippen LogP contribution in [0.25, 0.3) is 0 Å². The maximum Gasteiger partial charge on any atom is 0.173 e. The maximum absolute atomic E-state index is 8.91. The van der Waals surface area contributed by atoms with Gasteiger partial charge in [-0.25, -0.2) is 4.98 Å². The number of anilines is 1. The fourth-order valence-corrected chi connectivity index (χ4v) is 2.54. The van der Waals surface area contributed by atoms with Crippen molar-refractivity contribution < 1.29 is 9.94 Å². The van der Waals surface area contributed by atoms with E-state index in [2.05, 4.69) is 15.0 Å². The van der Waals surface area contributed by atoms with Gasteiger partial charge in [-0.15, -0.1) is 0 Å². The van der Waals surface area contributed by atoms with Crippen molar-refractivity contribution in [1.82, 2.24) is 4.98 Å². The summed E-state index contributed by atoms with van der Waals surface area (Å²) in [6.45, 7) is 6.35. The van der Waals surface area contributed by atoms with Crippen LogP contribution in [0.3, 0.4) is 0 Å². The van der Waals surface area contributed by atoms with Crippen molar-refractivity contribution >= 4 is 11.7 Å². The van der Waals surface area contributed by atoms with Gasteiger partial charge in [0.05, 0.1) is 11.7 Å². The second-order valence-electron chi connectivity index (χ2n) is 4.97. The quantitative estimate of drug-likeness (QED) is 0.377. The van der Waals surface area contributed by atoms with E-state index in [9.17, 15) is 0 Å². The van der Waals surface area contributed by atoms with Gasteiger partial charge in [0.15, 0.2) is 5.84 Å². The van der Waals surface area contributed by atoms with E-state index in [1.54, 1.807) is 0 Å². The highest BCUT2D eigenvalue weighted by atomic mass is 16.5. The largest absolute Gasteiger partial charge is 0.409 e. The van der Waals surface area contributed by atoms with Gasteiger partial charge in [-0.3, -0.25) is 0 Å². The lowest BCUT2D eigenvalue weighted by molar-refractivity contribution is 0.0525. The van der Waals surface area contributed by atoms with Gasteiger partial charge in [0, 0.05) is 25.4 Å². The van der Waals surface area contributed by atoms with Gasteiger partial charge >= 0.3 is 0 Å². The average molecular weight is 278 g/mol. The van der Waals surface area contributed by atoms with E-state index < -0.39 is 0 Å². The summed E-state index contributed by atoms with van der Waals surface area (Å²) in [6, 6.07) is 3.71. The van der Waals surface area contributed by atoms with E-state index in [0.29, 0.717) is 12.2 Å². The highest BCUT2D eigenvalue weighted by Crippen LogP contribution is 2.23. The molecule has 0 amide bonds. The summed E-state index contributed by atoms with van der Waals surface area (Å²) in [6.07, 6.45) is 2.33. The van der Waals surface area contributed by atoms with Crippen LogP contribution in [0, 0.1) is 6.92 Å². The summed E-state index contributed by atoms with van der Waals surface area (Å²) >= 11 is 0. The van der Waals surface area contributed by atoms with Gasteiger partial charge in [-0.1, -0.05) is 5.16 Å². The molecule has 1 fully saturated rings. The minimum Gasteiger partial charge on any atom is -0.409 e. The number of hydrogen-bond acceptors (Lipinski definition) is 5. The third-order valence-corrected chi connectivity index (χ3v) is 3.48. The summed E-state index contributed by atoms with van der Waals surface area (Å²) in [5.74, 6) is 0.857. The number of pyridine rings is 1. The smallest absolute Gasteiger partial charge is 0.173 e. The molecule has 20 heavy (non-hydrogen) atoms. The Balaban J connectivity index is 2.28. The molecule has 110 valence electrons. The molecule has 6 heteroatoms. The number of nitrogens with two attached hydrogens (primary N) is 1. The molecule has 1 saturated heterocycles. The van der Waals surface area contributed by atoms with Crippen LogP contribution in [0.15, 0.2) is 17.3 Å². The Morgan fingerprint density at radius 3 is 3.10 bits per heavy atom. The van der Waals surface area contributed by atoms with Crippen molar-refractivity contribution in [3.63, 3.8) is 0 Å². The van der Waals surface area contributed by atoms with Gasteiger partial charge in [0.2, 0.25) is 0 Å². The van der Waals surface area contributed by atoms with Crippen LogP contribution in [0.2, 0.25) is 0 Å². The Morgan fingerprint density at radius 2 is 2.40 bits per heavy atom. The first-order chi connectivity index (χ1) is 9.65. The number of hydrogen-bond donors (Lipinski definition) is 2. The van der Waals surface area contributed by atoms with E-state index in [0.717, 1.165) is 37.4 Å². The third-order valence-electron chi connectivity index (χ3n) is 3.48. The van der Waals surface area contributed by atoms with Gasteiger partial charge in [-0.2, -0.15) is 0 Å². The SMILES string of the molecule is CCOC1CCCN(c2nc(C)ccc2C(N)=NO)C1. The van der Waals surface area contributed by atoms with Gasteiger partial charge in [0.25, 0.3) is 0 Å². The predicted molar refractivity (Wildman–Crippen MR) is 78.3 cm³/mol. The van der Waals surface area contributed by atoms with Gasteiger partial charge in [-0.05, 0) is 38.8 Å². The van der Waals surface area contributed by atoms with Crippen LogP contribution in [-0.2, 0) is 4.74 Å². The molecular weight excluding hydrogens is 256 g/mol. The van der Waals surface area contributed by atoms with Crippen LogP contribution in [0.5, 0.6) is 0 Å². The lowest BCUT2D eigenvalue weighted by Gasteiger charge is -2.34. The molecule has 2 heterocycles. The first-order valence-corrected chi connectivity index (χ1v) is 6.97. The van der Waals surface area contributed by atoms with Crippen molar-refractivity contribution in [2.24, 2.45) is 10.9 Å². The zero-order valence-corrected chi connectivity index (χ0v) is 12.0. The second kappa shape index (κ2) is 6.56. The fraction of sp³-hybridized carbons (Fsp3) is 0.571. The van der Waals surface area contributed by atoms with Crippen LogP contribution in [0.1, 0.15) is 31.0 Å². The molecule has 1 aliphatic rings. The highest BCUT2D eigenvalue weighted by molar-refractivity contribution is 6.01. The Bertz CT molecular complexity index is 488. The molecule has 6 nitrogen and oxygen atoms in total. The Labute approximate surface area is 119 Å². The number of amidine groups is 1. The normalized spacial score (nSPS) is 20.2. The molecule has 0 bridgehead atoms. The number of nitrogens with zero attached hydrogens (tertiary/aromatic N) is 3. The van der Waals surface area contributed by atoms with Gasteiger partial charge in [0.1, 0.15) is 5.82 Å². The molecular formula is C14H22N4O2. The van der Waals surface area contributed by atoms with Crippen LogP contribution in [-0.4, -0.2) is 41.8 Å². The Morgan fingerprint density at radius 1 is 1.60 bits per heavy atom. The van der Waals surface area contributed by atoms with Gasteiger partial charge < -0.3 is 20.6 Å². The lowest BCUT2D eigenvalue weighted by atomic mass is 10.1. The second-order valence-corrected chi connectivity index (χ2v) is 4.97. The van der Waals surface area contributed by atoms with E-state index in [-0.39, 0.29) is 11.9 Å². The average Bonchev–Trinajstić information content (AvgIpc) is 2.47. The molecule has 1 aromatic heterocycles. The number of oxime groups is 1. The van der Waals surface area contributed by atoms with Crippen molar-refractivity contribution in [2.75, 3.05) is 24.6 Å². The predicted octanol–water partition coefficient (Wildman–Crippen LogP) is 1.49. The van der Waals surface area contributed by atoms with Crippen LogP contribution < -0.4 is 10.6 Å². The minimum atomic E-state index is 0.0889. The summed E-state index contributed by atoms with van der Waals surface area (Å²) < 4.78 is 5.71. The molecule has 1 unspecified atom stereocenters. The first kappa shape index (κ1) is 14.6. The summed E-state index contributed by atoms with van der Waals surface area (Å²) in [5.41, 5.74) is 7.32. The summed E-state index contributed by atoms with van der Waals surface area (Å²) in [7, 11) is 0. The number of aryl methyl sites for hydroxylation is 1. The minimum absolute atomic E-state index is 0.0889. The Kier molecular flexibility index (Phi) is 4.79. The van der Waals surface area contributed by atoms with Crippen LogP contribution >= 0.6 is 0 Å². The lowest BCUT2D eigenvalue weighted by Crippen LogP contribution is -2.41. The molecule has 0 aromatic carbocycles. The van der Waals surface area contributed by atoms with Crippen molar-refractivity contribution in [3.05, 3.63) is 23.4 Å². The third kappa shape index (κ3) is 3.19. The molecule has 1 aromatic rings. The molecule has 0 radical (unpaired) electrons. The zero-order chi connectivity index (χ0) is 14.5. The molecule has 3 N–H and O–H groups in total. The molecule has 2 rings (SSSR count). The van der Waals surface area contributed by atoms with E-state index in [4.69, 9.17) is 15.7 Å². The number of aromatic nitrogens is 1. The zero-order valence-electron chi connectivity index (χ0n) is 12.0. The molecule has 0 spiro atoms. The number of ether oxygens (including phenoxy) is 1. The van der Waals surface area contributed by atoms with E-state index in [1.165, 1.54) is 0 Å². The number of piperidine rings is 1. The molecule has 0 aliphatic carbocycles. The standard InChI is InChI=1S/C14H22N4O2/c1-3-20-11-5-4-8-18(9-11)14-12(13(15)17-19)7-6-10(2)16-14/h6-7,11,19H,3-5,8-9H2,1-2H3,(H2,15,17). The highest BCUT2D eigenvalue weighted by Gasteiger charge is 2.24. The topological polar surface area (TPSA) is 84.0 Å². The Hall–Kier alpha value is -1.82. The van der Waals surface area contributed by atoms with Crippen molar-refractivity contribution in [2.45, 2.75) is 32.8 Å². The first-order valence-electron chi connectivity index (χ1n) is 6.97. The number of rotatable bonds is 4. The molecule has 1 aliphatic heterocycles. The van der Waals surface area contributed by atoms with E-state index in [1.807, 2.05) is 26.0 Å². The van der Waals surface area contributed by atoms with E-state index >= 15 is 0 Å². The van der Waals surface area contributed by atoms with Crippen molar-refractivity contribution in [3.8, 4) is 0 Å². The van der Waals surface area contributed by atoms with Crippen LogP contribution in [0.4, 0.5) is 5.82 Å². The summed E-state index contributed by atoms with van der Waals surface area (Å²) in [5, 5.41) is 12.0. The van der Waals surface area contributed by atoms with Crippen molar-refractivity contribution in [1.29, 1.82) is 0 Å². The maximum atomic E-state index is 8.91. The summed E-state index contributed by atoms with van der Waals surface area (Å²) in [4.78, 5) is 6.72. The molecule has 0 saturated carbocycles. The monoisotopic (exact) mass is 278 g/mol. The molecule has 1 atom stereocenters.